The van der Waals surface area contributed by atoms with Crippen LogP contribution in [-0.2, 0) is 14.3 Å². The molecule has 2 saturated heterocycles. The van der Waals surface area contributed by atoms with Crippen LogP contribution in [0.15, 0.2) is 0 Å². The Balaban J connectivity index is 1.99. The average Bonchev–Trinajstić information content (AvgIpc) is 2.79. The molecule has 7 nitrogen and oxygen atoms in total. The summed E-state index contributed by atoms with van der Waals surface area (Å²) < 4.78 is 10.4. The molecule has 0 bridgehead atoms. The molecule has 102 valence electrons. The Bertz CT molecular complexity index is 340. The molecule has 2 N–H and O–H groups in total. The number of ether oxygens (including phenoxy) is 2. The van der Waals surface area contributed by atoms with E-state index >= 15 is 0 Å². The van der Waals surface area contributed by atoms with Gasteiger partial charge in [0.05, 0.1) is 19.3 Å². The minimum Gasteiger partial charge on any atom is -0.479 e. The molecule has 2 atom stereocenters. The maximum atomic E-state index is 12.0. The van der Waals surface area contributed by atoms with Crippen LogP contribution in [0.25, 0.3) is 0 Å². The van der Waals surface area contributed by atoms with E-state index in [0.717, 1.165) is 0 Å². The normalized spacial score (nSPS) is 32.3. The molecule has 0 radical (unpaired) electrons. The number of rotatable bonds is 2. The Hall–Kier alpha value is -1.34. The number of morpholine rings is 1. The fourth-order valence-electron chi connectivity index (χ4n) is 2.17. The molecule has 2 rings (SSSR count). The van der Waals surface area contributed by atoms with Crippen molar-refractivity contribution in [2.75, 3.05) is 32.9 Å². The van der Waals surface area contributed by atoms with Crippen molar-refractivity contribution in [1.82, 2.24) is 10.2 Å². The molecular weight excluding hydrogens is 240 g/mol. The zero-order valence-electron chi connectivity index (χ0n) is 10.3. The highest BCUT2D eigenvalue weighted by Crippen LogP contribution is 2.19. The first-order valence-corrected chi connectivity index (χ1v) is 6.03. The third-order valence-corrected chi connectivity index (χ3v) is 3.31. The molecule has 2 fully saturated rings. The van der Waals surface area contributed by atoms with Crippen LogP contribution < -0.4 is 5.32 Å². The zero-order valence-corrected chi connectivity index (χ0v) is 10.3. The number of urea groups is 1. The lowest BCUT2D eigenvalue weighted by Gasteiger charge is -2.34. The van der Waals surface area contributed by atoms with Crippen molar-refractivity contribution in [2.24, 2.45) is 0 Å². The van der Waals surface area contributed by atoms with Gasteiger partial charge < -0.3 is 24.8 Å². The lowest BCUT2D eigenvalue weighted by atomic mass is 9.99. The van der Waals surface area contributed by atoms with Crippen molar-refractivity contribution in [3.05, 3.63) is 0 Å². The van der Waals surface area contributed by atoms with E-state index in [9.17, 15) is 14.7 Å². The van der Waals surface area contributed by atoms with Crippen molar-refractivity contribution >= 4 is 12.0 Å². The Kier molecular flexibility index (Phi) is 3.72. The molecule has 0 aromatic carbocycles. The zero-order chi connectivity index (χ0) is 13.2. The first-order valence-electron chi connectivity index (χ1n) is 6.03. The number of carbonyl (C=O) groups excluding carboxylic acids is 1. The van der Waals surface area contributed by atoms with Crippen molar-refractivity contribution in [3.63, 3.8) is 0 Å². The fraction of sp³-hybridized carbons (Fsp3) is 0.818. The van der Waals surface area contributed by atoms with Gasteiger partial charge in [0.1, 0.15) is 0 Å². The fourth-order valence-corrected chi connectivity index (χ4v) is 2.17. The Morgan fingerprint density at radius 1 is 1.44 bits per heavy atom. The Labute approximate surface area is 105 Å². The highest BCUT2D eigenvalue weighted by atomic mass is 16.5. The van der Waals surface area contributed by atoms with Gasteiger partial charge in [-0.15, -0.1) is 0 Å². The predicted octanol–water partition coefficient (Wildman–Crippen LogP) is -0.340. The smallest absolute Gasteiger partial charge is 0.332 e. The molecule has 2 aliphatic rings. The summed E-state index contributed by atoms with van der Waals surface area (Å²) in [5, 5.41) is 11.8. The quantitative estimate of drug-likeness (QED) is 0.707. The standard InChI is InChI=1S/C11H18N2O5/c1-8-6-13(3-5-18-8)10(16)12-11(9(14)15)2-4-17-7-11/h8H,2-7H2,1H3,(H,12,16)(H,14,15). The maximum Gasteiger partial charge on any atom is 0.332 e. The number of carboxylic acid groups (broad SMARTS) is 1. The van der Waals surface area contributed by atoms with E-state index in [1.54, 1.807) is 4.90 Å². The van der Waals surface area contributed by atoms with E-state index in [4.69, 9.17) is 9.47 Å². The van der Waals surface area contributed by atoms with Crippen molar-refractivity contribution in [2.45, 2.75) is 25.0 Å². The number of carboxylic acids is 1. The van der Waals surface area contributed by atoms with E-state index in [1.807, 2.05) is 6.92 Å². The van der Waals surface area contributed by atoms with Crippen molar-refractivity contribution in [1.29, 1.82) is 0 Å². The lowest BCUT2D eigenvalue weighted by molar-refractivity contribution is -0.144. The third-order valence-electron chi connectivity index (χ3n) is 3.31. The number of aliphatic carboxylic acids is 1. The van der Waals surface area contributed by atoms with Crippen LogP contribution in [-0.4, -0.2) is 66.6 Å². The van der Waals surface area contributed by atoms with Gasteiger partial charge in [-0.1, -0.05) is 0 Å². The molecule has 2 aliphatic heterocycles. The lowest BCUT2D eigenvalue weighted by Crippen LogP contribution is -2.60. The number of nitrogens with one attached hydrogen (secondary N) is 1. The van der Waals surface area contributed by atoms with Gasteiger partial charge >= 0.3 is 12.0 Å². The summed E-state index contributed by atoms with van der Waals surface area (Å²) in [6, 6.07) is -0.363. The van der Waals surface area contributed by atoms with Gasteiger partial charge in [0, 0.05) is 26.1 Å². The number of hydrogen-bond acceptors (Lipinski definition) is 4. The molecule has 0 aromatic rings. The van der Waals surface area contributed by atoms with Gasteiger partial charge in [0.15, 0.2) is 5.54 Å². The SMILES string of the molecule is CC1CN(C(=O)NC2(C(=O)O)CCOC2)CCO1. The molecule has 0 spiro atoms. The Morgan fingerprint density at radius 2 is 2.22 bits per heavy atom. The van der Waals surface area contributed by atoms with Crippen LogP contribution in [0.3, 0.4) is 0 Å². The van der Waals surface area contributed by atoms with Crippen LogP contribution in [0.2, 0.25) is 0 Å². The van der Waals surface area contributed by atoms with Crippen LogP contribution in [0.1, 0.15) is 13.3 Å². The number of nitrogens with zero attached hydrogens (tertiary/aromatic N) is 1. The van der Waals surface area contributed by atoms with Crippen LogP contribution in [0, 0.1) is 0 Å². The monoisotopic (exact) mass is 258 g/mol. The summed E-state index contributed by atoms with van der Waals surface area (Å²) in [5.41, 5.74) is -1.28. The minimum atomic E-state index is -1.28. The third kappa shape index (κ3) is 2.56. The van der Waals surface area contributed by atoms with E-state index in [-0.39, 0.29) is 18.7 Å². The first kappa shape index (κ1) is 13.1. The Morgan fingerprint density at radius 3 is 2.78 bits per heavy atom. The second kappa shape index (κ2) is 5.11. The minimum absolute atomic E-state index is 0.0218. The second-order valence-corrected chi connectivity index (χ2v) is 4.75. The molecule has 2 unspecified atom stereocenters. The van der Waals surface area contributed by atoms with Gasteiger partial charge in [-0.25, -0.2) is 9.59 Å². The van der Waals surface area contributed by atoms with E-state index in [1.165, 1.54) is 0 Å². The maximum absolute atomic E-state index is 12.0. The second-order valence-electron chi connectivity index (χ2n) is 4.75. The van der Waals surface area contributed by atoms with Gasteiger partial charge in [0.2, 0.25) is 0 Å². The summed E-state index contributed by atoms with van der Waals surface area (Å²) in [7, 11) is 0. The topological polar surface area (TPSA) is 88.1 Å². The average molecular weight is 258 g/mol. The van der Waals surface area contributed by atoms with Crippen molar-refractivity contribution < 1.29 is 24.2 Å². The first-order chi connectivity index (χ1) is 8.53. The van der Waals surface area contributed by atoms with E-state index in [0.29, 0.717) is 32.7 Å². The number of hydrogen-bond donors (Lipinski definition) is 2. The molecule has 0 aromatic heterocycles. The molecule has 0 aliphatic carbocycles. The summed E-state index contributed by atoms with van der Waals surface area (Å²) >= 11 is 0. The molecule has 0 saturated carbocycles. The van der Waals surface area contributed by atoms with Gasteiger partial charge in [-0.05, 0) is 6.92 Å². The van der Waals surface area contributed by atoms with E-state index in [2.05, 4.69) is 5.32 Å². The molecular formula is C11H18N2O5. The predicted molar refractivity (Wildman–Crippen MR) is 61.3 cm³/mol. The van der Waals surface area contributed by atoms with Gasteiger partial charge in [-0.2, -0.15) is 0 Å². The van der Waals surface area contributed by atoms with Crippen molar-refractivity contribution in [3.8, 4) is 0 Å². The van der Waals surface area contributed by atoms with Gasteiger partial charge in [0.25, 0.3) is 0 Å². The van der Waals surface area contributed by atoms with Crippen LogP contribution in [0.4, 0.5) is 4.79 Å². The molecule has 18 heavy (non-hydrogen) atoms. The van der Waals surface area contributed by atoms with Crippen LogP contribution in [0.5, 0.6) is 0 Å². The highest BCUT2D eigenvalue weighted by Gasteiger charge is 2.44. The summed E-state index contributed by atoms with van der Waals surface area (Å²) in [5.74, 6) is -1.05. The molecule has 2 amide bonds. The summed E-state index contributed by atoms with van der Waals surface area (Å²) in [6.07, 6.45) is 0.277. The molecule has 7 heteroatoms. The number of carbonyl (C=O) groups is 2. The van der Waals surface area contributed by atoms with Gasteiger partial charge in [-0.3, -0.25) is 0 Å². The summed E-state index contributed by atoms with van der Waals surface area (Å²) in [4.78, 5) is 24.9. The van der Waals surface area contributed by atoms with E-state index < -0.39 is 11.5 Å². The molecule has 2 heterocycles. The number of amides is 2. The summed E-state index contributed by atoms with van der Waals surface area (Å²) in [6.45, 7) is 3.69. The highest BCUT2D eigenvalue weighted by molar-refractivity contribution is 5.86. The van der Waals surface area contributed by atoms with Crippen LogP contribution >= 0.6 is 0 Å². The largest absolute Gasteiger partial charge is 0.479 e.